The van der Waals surface area contributed by atoms with E-state index in [1.165, 1.54) is 0 Å². The average molecular weight is 250 g/mol. The third kappa shape index (κ3) is 2.13. The van der Waals surface area contributed by atoms with Gasteiger partial charge >= 0.3 is 0 Å². The second kappa shape index (κ2) is 4.66. The molecule has 3 rings (SSSR count). The lowest BCUT2D eigenvalue weighted by Crippen LogP contribution is -2.24. The van der Waals surface area contributed by atoms with Crippen LogP contribution in [0.2, 0.25) is 0 Å². The molecule has 0 radical (unpaired) electrons. The molecule has 0 saturated carbocycles. The third-order valence-electron chi connectivity index (χ3n) is 3.34. The number of ether oxygens (including phenoxy) is 1. The second-order valence-electron chi connectivity index (χ2n) is 4.68. The summed E-state index contributed by atoms with van der Waals surface area (Å²) < 4.78 is 6.08. The van der Waals surface area contributed by atoms with Gasteiger partial charge in [-0.15, -0.1) is 0 Å². The zero-order valence-electron chi connectivity index (χ0n) is 10.7. The second-order valence-corrected chi connectivity index (χ2v) is 4.68. The molecule has 0 bridgehead atoms. The van der Waals surface area contributed by atoms with Gasteiger partial charge in [-0.25, -0.2) is 0 Å². The van der Waals surface area contributed by atoms with E-state index in [4.69, 9.17) is 10.00 Å². The molecule has 1 N–H and O–H groups in total. The summed E-state index contributed by atoms with van der Waals surface area (Å²) >= 11 is 0. The summed E-state index contributed by atoms with van der Waals surface area (Å²) in [6.45, 7) is 2.75. The predicted molar refractivity (Wildman–Crippen MR) is 74.2 cm³/mol. The smallest absolute Gasteiger partial charge is 0.146 e. The van der Waals surface area contributed by atoms with Crippen LogP contribution >= 0.6 is 0 Å². The highest BCUT2D eigenvalue weighted by molar-refractivity contribution is 5.61. The van der Waals surface area contributed by atoms with E-state index in [9.17, 15) is 0 Å². The van der Waals surface area contributed by atoms with Crippen LogP contribution in [0.25, 0.3) is 0 Å². The first kappa shape index (κ1) is 11.6. The number of para-hydroxylation sites is 1. The number of rotatable bonds is 1. The fourth-order valence-corrected chi connectivity index (χ4v) is 2.33. The Hall–Kier alpha value is -2.47. The van der Waals surface area contributed by atoms with Gasteiger partial charge in [0.15, 0.2) is 0 Å². The summed E-state index contributed by atoms with van der Waals surface area (Å²) in [5, 5.41) is 12.3. The quantitative estimate of drug-likeness (QED) is 0.843. The molecule has 1 heterocycles. The fraction of sp³-hybridized carbons (Fsp3) is 0.188. The molecule has 3 heteroatoms. The highest BCUT2D eigenvalue weighted by Crippen LogP contribution is 2.36. The zero-order valence-corrected chi connectivity index (χ0v) is 10.7. The molecule has 1 unspecified atom stereocenters. The minimum absolute atomic E-state index is 0.0538. The summed E-state index contributed by atoms with van der Waals surface area (Å²) in [7, 11) is 0. The van der Waals surface area contributed by atoms with Crippen molar-refractivity contribution in [2.75, 3.05) is 11.9 Å². The van der Waals surface area contributed by atoms with Gasteiger partial charge in [-0.2, -0.15) is 5.26 Å². The van der Waals surface area contributed by atoms with Crippen LogP contribution in [-0.4, -0.2) is 6.54 Å². The van der Waals surface area contributed by atoms with Gasteiger partial charge in [0.1, 0.15) is 11.9 Å². The topological polar surface area (TPSA) is 45.0 Å². The maximum atomic E-state index is 8.96. The molecule has 0 saturated heterocycles. The van der Waals surface area contributed by atoms with Crippen LogP contribution in [0.5, 0.6) is 5.75 Å². The fourth-order valence-electron chi connectivity index (χ4n) is 2.33. The van der Waals surface area contributed by atoms with Crippen LogP contribution in [0, 0.1) is 18.3 Å². The molecular weight excluding hydrogens is 236 g/mol. The van der Waals surface area contributed by atoms with Crippen molar-refractivity contribution in [1.29, 1.82) is 5.26 Å². The highest BCUT2D eigenvalue weighted by atomic mass is 16.5. The number of hydrogen-bond donors (Lipinski definition) is 1. The Morgan fingerprint density at radius 3 is 2.95 bits per heavy atom. The van der Waals surface area contributed by atoms with E-state index in [1.807, 2.05) is 43.3 Å². The number of fused-ring (bicyclic) bond motifs is 1. The number of nitriles is 1. The zero-order chi connectivity index (χ0) is 13.2. The van der Waals surface area contributed by atoms with Gasteiger partial charge in [-0.3, -0.25) is 0 Å². The largest absolute Gasteiger partial charge is 0.481 e. The SMILES string of the molecule is Cc1cccc2c1OC(c1cccc(C#N)c1)CN2. The Labute approximate surface area is 112 Å². The molecule has 0 fully saturated rings. The van der Waals surface area contributed by atoms with Crippen LogP contribution in [0.1, 0.15) is 22.8 Å². The van der Waals surface area contributed by atoms with Gasteiger partial charge in [0, 0.05) is 0 Å². The molecular formula is C16H14N2O. The average Bonchev–Trinajstić information content (AvgIpc) is 2.47. The summed E-state index contributed by atoms with van der Waals surface area (Å²) in [6, 6.07) is 15.8. The van der Waals surface area contributed by atoms with E-state index in [0.29, 0.717) is 12.1 Å². The number of benzene rings is 2. The van der Waals surface area contributed by atoms with Crippen molar-refractivity contribution in [3.63, 3.8) is 0 Å². The Balaban J connectivity index is 1.93. The number of aryl methyl sites for hydroxylation is 1. The van der Waals surface area contributed by atoms with Crippen molar-refractivity contribution in [3.8, 4) is 11.8 Å². The molecule has 0 aliphatic carbocycles. The molecule has 3 nitrogen and oxygen atoms in total. The van der Waals surface area contributed by atoms with E-state index in [1.54, 1.807) is 6.07 Å². The van der Waals surface area contributed by atoms with E-state index in [-0.39, 0.29) is 6.10 Å². The highest BCUT2D eigenvalue weighted by Gasteiger charge is 2.22. The number of nitrogens with one attached hydrogen (secondary N) is 1. The van der Waals surface area contributed by atoms with E-state index in [2.05, 4.69) is 11.4 Å². The minimum Gasteiger partial charge on any atom is -0.481 e. The Bertz CT molecular complexity index is 658. The van der Waals surface area contributed by atoms with E-state index in [0.717, 1.165) is 22.6 Å². The number of nitrogens with zero attached hydrogens (tertiary/aromatic N) is 1. The predicted octanol–water partition coefficient (Wildman–Crippen LogP) is 3.41. The van der Waals surface area contributed by atoms with Crippen LogP contribution in [0.15, 0.2) is 42.5 Å². The van der Waals surface area contributed by atoms with Crippen molar-refractivity contribution in [3.05, 3.63) is 59.2 Å². The lowest BCUT2D eigenvalue weighted by Gasteiger charge is -2.28. The van der Waals surface area contributed by atoms with Gasteiger partial charge in [0.2, 0.25) is 0 Å². The maximum Gasteiger partial charge on any atom is 0.146 e. The van der Waals surface area contributed by atoms with Gasteiger partial charge in [-0.1, -0.05) is 24.3 Å². The first-order valence-electron chi connectivity index (χ1n) is 6.28. The third-order valence-corrected chi connectivity index (χ3v) is 3.34. The Morgan fingerprint density at radius 2 is 2.11 bits per heavy atom. The van der Waals surface area contributed by atoms with Crippen LogP contribution in [0.4, 0.5) is 5.69 Å². The van der Waals surface area contributed by atoms with Crippen LogP contribution < -0.4 is 10.1 Å². The molecule has 19 heavy (non-hydrogen) atoms. The Kier molecular flexibility index (Phi) is 2.85. The molecule has 1 aliphatic heterocycles. The van der Waals surface area contributed by atoms with Crippen molar-refractivity contribution >= 4 is 5.69 Å². The van der Waals surface area contributed by atoms with Crippen LogP contribution in [-0.2, 0) is 0 Å². The maximum absolute atomic E-state index is 8.96. The monoisotopic (exact) mass is 250 g/mol. The van der Waals surface area contributed by atoms with Gasteiger partial charge in [0.05, 0.1) is 23.9 Å². The summed E-state index contributed by atoms with van der Waals surface area (Å²) in [5.41, 5.74) is 3.84. The normalized spacial score (nSPS) is 16.7. The molecule has 0 aromatic heterocycles. The molecule has 1 aliphatic rings. The molecule has 2 aromatic rings. The van der Waals surface area contributed by atoms with Crippen molar-refractivity contribution in [1.82, 2.24) is 0 Å². The minimum atomic E-state index is -0.0538. The number of anilines is 1. The molecule has 0 amide bonds. The lowest BCUT2D eigenvalue weighted by molar-refractivity contribution is 0.209. The van der Waals surface area contributed by atoms with E-state index >= 15 is 0 Å². The molecule has 1 atom stereocenters. The standard InChI is InChI=1S/C16H14N2O/c1-11-4-2-7-14-16(11)19-15(10-18-14)13-6-3-5-12(8-13)9-17/h2-8,15,18H,10H2,1H3. The molecule has 2 aromatic carbocycles. The van der Waals surface area contributed by atoms with Crippen molar-refractivity contribution in [2.24, 2.45) is 0 Å². The van der Waals surface area contributed by atoms with E-state index < -0.39 is 0 Å². The summed E-state index contributed by atoms with van der Waals surface area (Å²) in [5.74, 6) is 0.904. The van der Waals surface area contributed by atoms with Crippen LogP contribution in [0.3, 0.4) is 0 Å². The summed E-state index contributed by atoms with van der Waals surface area (Å²) in [6.07, 6.45) is -0.0538. The Morgan fingerprint density at radius 1 is 1.26 bits per heavy atom. The van der Waals surface area contributed by atoms with Crippen molar-refractivity contribution in [2.45, 2.75) is 13.0 Å². The molecule has 0 spiro atoms. The molecule has 94 valence electrons. The first-order valence-corrected chi connectivity index (χ1v) is 6.28. The van der Waals surface area contributed by atoms with Gasteiger partial charge < -0.3 is 10.1 Å². The lowest BCUT2D eigenvalue weighted by atomic mass is 10.0. The first-order chi connectivity index (χ1) is 9.28. The summed E-state index contributed by atoms with van der Waals surface area (Å²) in [4.78, 5) is 0. The van der Waals surface area contributed by atoms with Gasteiger partial charge in [-0.05, 0) is 36.2 Å². The number of hydrogen-bond acceptors (Lipinski definition) is 3. The van der Waals surface area contributed by atoms with Crippen molar-refractivity contribution < 1.29 is 4.74 Å². The van der Waals surface area contributed by atoms with Gasteiger partial charge in [0.25, 0.3) is 0 Å².